The molecule has 1 fully saturated rings. The molecule has 0 atom stereocenters. The second-order valence-corrected chi connectivity index (χ2v) is 8.80. The molecule has 0 bridgehead atoms. The van der Waals surface area contributed by atoms with Gasteiger partial charge in [0, 0.05) is 11.6 Å². The summed E-state index contributed by atoms with van der Waals surface area (Å²) in [5, 5.41) is 25.5. The average molecular weight is 449 g/mol. The largest absolute Gasteiger partial charge is 0.507 e. The van der Waals surface area contributed by atoms with E-state index in [-0.39, 0.29) is 29.0 Å². The number of fused-ring (bicyclic) bond motifs is 3. The predicted molar refractivity (Wildman–Crippen MR) is 134 cm³/mol. The maximum absolute atomic E-state index is 10.5. The molecule has 1 heterocycles. The average Bonchev–Trinajstić information content (AvgIpc) is 3.36. The van der Waals surface area contributed by atoms with Gasteiger partial charge in [0.25, 0.3) is 0 Å². The monoisotopic (exact) mass is 448 g/mol. The zero-order chi connectivity index (χ0) is 23.1. The van der Waals surface area contributed by atoms with E-state index in [2.05, 4.69) is 35.3 Å². The summed E-state index contributed by atoms with van der Waals surface area (Å²) >= 11 is 0. The molecule has 4 aromatic carbocycles. The summed E-state index contributed by atoms with van der Waals surface area (Å²) in [5.41, 5.74) is 1.83. The lowest BCUT2D eigenvalue weighted by Gasteiger charge is -2.16. The molecule has 1 aromatic heterocycles. The van der Waals surface area contributed by atoms with Crippen LogP contribution in [0.1, 0.15) is 25.7 Å². The molecule has 5 nitrogen and oxygen atoms in total. The van der Waals surface area contributed by atoms with Gasteiger partial charge in [0.1, 0.15) is 23.2 Å². The van der Waals surface area contributed by atoms with Crippen LogP contribution in [0.4, 0.5) is 0 Å². The minimum atomic E-state index is -0.0765. The van der Waals surface area contributed by atoms with Gasteiger partial charge in [0.05, 0.1) is 5.69 Å². The van der Waals surface area contributed by atoms with Gasteiger partial charge in [-0.1, -0.05) is 54.6 Å². The number of rotatable bonds is 4. The molecular weight excluding hydrogens is 424 g/mol. The lowest BCUT2D eigenvalue weighted by molar-refractivity contribution is 0.201. The van der Waals surface area contributed by atoms with Gasteiger partial charge in [-0.25, -0.2) is 4.98 Å². The van der Waals surface area contributed by atoms with Gasteiger partial charge in [0.2, 0.25) is 5.88 Å². The Kier molecular flexibility index (Phi) is 5.02. The smallest absolute Gasteiger partial charge is 0.217 e. The van der Waals surface area contributed by atoms with E-state index in [9.17, 15) is 10.2 Å². The highest BCUT2D eigenvalue weighted by Crippen LogP contribution is 2.39. The van der Waals surface area contributed by atoms with Crippen LogP contribution >= 0.6 is 0 Å². The summed E-state index contributed by atoms with van der Waals surface area (Å²) in [7, 11) is 0. The molecule has 0 saturated heterocycles. The van der Waals surface area contributed by atoms with Crippen LogP contribution in [-0.2, 0) is 0 Å². The molecule has 0 amide bonds. The Morgan fingerprint density at radius 3 is 2.15 bits per heavy atom. The third-order valence-corrected chi connectivity index (χ3v) is 6.58. The number of aromatic nitrogens is 2. The number of nitrogens with zero attached hydrogens (tertiary/aromatic N) is 2. The molecule has 1 aliphatic rings. The Morgan fingerprint density at radius 2 is 1.38 bits per heavy atom. The summed E-state index contributed by atoms with van der Waals surface area (Å²) in [5.74, 6) is 0.532. The van der Waals surface area contributed by atoms with Crippen molar-refractivity contribution in [1.29, 1.82) is 0 Å². The lowest BCUT2D eigenvalue weighted by Crippen LogP contribution is -2.12. The van der Waals surface area contributed by atoms with Crippen LogP contribution in [0.2, 0.25) is 0 Å². The van der Waals surface area contributed by atoms with Crippen molar-refractivity contribution < 1.29 is 14.9 Å². The van der Waals surface area contributed by atoms with Crippen LogP contribution in [0.5, 0.6) is 17.4 Å². The molecule has 0 spiro atoms. The molecule has 1 saturated carbocycles. The van der Waals surface area contributed by atoms with Crippen LogP contribution in [0, 0.1) is 0 Å². The zero-order valence-electron chi connectivity index (χ0n) is 18.6. The molecule has 6 rings (SSSR count). The standard InChI is InChI=1S/C29H24N2O3/c32-25-14-7-15-26(33)28(25)29-30-24(17-27(31-29)34-19-9-2-3-10-19)23-16-18-8-1-4-11-20(18)21-12-5-6-13-22(21)23/h1,4-8,11-17,19,32-33H,2-3,9-10H2. The SMILES string of the molecule is Oc1cccc(O)c1-c1nc(OC2CCCC2)cc(-c2cc3ccccc3c3ccccc23)n1. The first kappa shape index (κ1) is 20.5. The number of hydrogen-bond acceptors (Lipinski definition) is 5. The first-order valence-electron chi connectivity index (χ1n) is 11.7. The van der Waals surface area contributed by atoms with Gasteiger partial charge in [-0.15, -0.1) is 0 Å². The fraction of sp³-hybridized carbons (Fsp3) is 0.172. The first-order chi connectivity index (χ1) is 16.7. The van der Waals surface area contributed by atoms with Crippen LogP contribution in [0.25, 0.3) is 44.2 Å². The maximum atomic E-state index is 10.5. The summed E-state index contributed by atoms with van der Waals surface area (Å²) in [6.07, 6.45) is 4.39. The normalized spacial score (nSPS) is 14.1. The Bertz CT molecular complexity index is 1500. The molecule has 5 heteroatoms. The molecular formula is C29H24N2O3. The van der Waals surface area contributed by atoms with E-state index in [0.717, 1.165) is 47.4 Å². The van der Waals surface area contributed by atoms with Gasteiger partial charge in [-0.2, -0.15) is 4.98 Å². The second kappa shape index (κ2) is 8.34. The van der Waals surface area contributed by atoms with Crippen LogP contribution in [-0.4, -0.2) is 26.3 Å². The highest BCUT2D eigenvalue weighted by molar-refractivity contribution is 6.13. The van der Waals surface area contributed by atoms with Crippen molar-refractivity contribution in [3.8, 4) is 40.0 Å². The van der Waals surface area contributed by atoms with E-state index in [1.807, 2.05) is 30.3 Å². The number of benzene rings is 4. The van der Waals surface area contributed by atoms with Crippen LogP contribution in [0.15, 0.2) is 78.9 Å². The number of phenolic OH excluding ortho intramolecular Hbond substituents is 2. The summed E-state index contributed by atoms with van der Waals surface area (Å²) in [6.45, 7) is 0. The number of ether oxygens (including phenoxy) is 1. The van der Waals surface area contributed by atoms with Gasteiger partial charge in [-0.05, 0) is 65.4 Å². The topological polar surface area (TPSA) is 75.5 Å². The van der Waals surface area contributed by atoms with Crippen molar-refractivity contribution in [2.24, 2.45) is 0 Å². The van der Waals surface area contributed by atoms with E-state index >= 15 is 0 Å². The molecule has 0 unspecified atom stereocenters. The quantitative estimate of drug-likeness (QED) is 0.294. The molecule has 0 radical (unpaired) electrons. The van der Waals surface area contributed by atoms with Crippen molar-refractivity contribution in [2.45, 2.75) is 31.8 Å². The number of hydrogen-bond donors (Lipinski definition) is 2. The van der Waals surface area contributed by atoms with E-state index in [1.165, 1.54) is 17.5 Å². The Hall–Kier alpha value is -4.12. The number of phenols is 2. The third kappa shape index (κ3) is 3.59. The van der Waals surface area contributed by atoms with E-state index < -0.39 is 0 Å². The van der Waals surface area contributed by atoms with Crippen LogP contribution in [0.3, 0.4) is 0 Å². The summed E-state index contributed by atoms with van der Waals surface area (Å²) in [4.78, 5) is 9.42. The van der Waals surface area contributed by atoms with Crippen molar-refractivity contribution in [1.82, 2.24) is 9.97 Å². The number of aromatic hydroxyl groups is 2. The van der Waals surface area contributed by atoms with Gasteiger partial charge >= 0.3 is 0 Å². The van der Waals surface area contributed by atoms with Crippen molar-refractivity contribution >= 4 is 21.5 Å². The molecule has 34 heavy (non-hydrogen) atoms. The first-order valence-corrected chi connectivity index (χ1v) is 11.7. The minimum absolute atomic E-state index is 0.0765. The van der Waals surface area contributed by atoms with Gasteiger partial charge < -0.3 is 14.9 Å². The van der Waals surface area contributed by atoms with Gasteiger partial charge in [-0.3, -0.25) is 0 Å². The van der Waals surface area contributed by atoms with Crippen molar-refractivity contribution in [3.63, 3.8) is 0 Å². The van der Waals surface area contributed by atoms with Crippen molar-refractivity contribution in [3.05, 3.63) is 78.9 Å². The van der Waals surface area contributed by atoms with Crippen molar-refractivity contribution in [2.75, 3.05) is 0 Å². The summed E-state index contributed by atoms with van der Waals surface area (Å²) < 4.78 is 6.26. The molecule has 168 valence electrons. The fourth-order valence-corrected chi connectivity index (χ4v) is 4.94. The van der Waals surface area contributed by atoms with Gasteiger partial charge in [0.15, 0.2) is 5.82 Å². The maximum Gasteiger partial charge on any atom is 0.217 e. The lowest BCUT2D eigenvalue weighted by atomic mass is 9.95. The Morgan fingerprint density at radius 1 is 0.706 bits per heavy atom. The molecule has 5 aromatic rings. The minimum Gasteiger partial charge on any atom is -0.507 e. The second-order valence-electron chi connectivity index (χ2n) is 8.80. The Labute approximate surface area is 197 Å². The Balaban J connectivity index is 1.61. The molecule has 2 N–H and O–H groups in total. The highest BCUT2D eigenvalue weighted by Gasteiger charge is 2.21. The fourth-order valence-electron chi connectivity index (χ4n) is 4.94. The predicted octanol–water partition coefficient (Wildman–Crippen LogP) is 6.85. The zero-order valence-corrected chi connectivity index (χ0v) is 18.6. The van der Waals surface area contributed by atoms with E-state index in [0.29, 0.717) is 11.6 Å². The highest BCUT2D eigenvalue weighted by atomic mass is 16.5. The molecule has 0 aliphatic heterocycles. The summed E-state index contributed by atoms with van der Waals surface area (Å²) in [6, 6.07) is 25.2. The van der Waals surface area contributed by atoms with E-state index in [4.69, 9.17) is 9.72 Å². The van der Waals surface area contributed by atoms with Crippen LogP contribution < -0.4 is 4.74 Å². The van der Waals surface area contributed by atoms with E-state index in [1.54, 1.807) is 6.07 Å². The molecule has 1 aliphatic carbocycles. The third-order valence-electron chi connectivity index (χ3n) is 6.58.